The molecule has 100 valence electrons. The first-order valence-electron chi connectivity index (χ1n) is 6.41. The third-order valence-corrected chi connectivity index (χ3v) is 3.68. The molecule has 2 rings (SSSR count). The molecule has 0 aromatic rings. The largest absolute Gasteiger partial charge is 0.481 e. The highest BCUT2D eigenvalue weighted by Gasteiger charge is 2.34. The standard InChI is InChI=1S/C13H19NO4/c15-12(14-7-9-5-6-18-8-9)10-3-1-2-4-11(10)13(16)17/h1-2,9-11H,3-8H2,(H,14,15)(H,16,17). The van der Waals surface area contributed by atoms with Crippen LogP contribution >= 0.6 is 0 Å². The summed E-state index contributed by atoms with van der Waals surface area (Å²) in [6.07, 6.45) is 5.66. The Kier molecular flexibility index (Phi) is 4.36. The minimum Gasteiger partial charge on any atom is -0.481 e. The van der Waals surface area contributed by atoms with Gasteiger partial charge in [0.1, 0.15) is 0 Å². The van der Waals surface area contributed by atoms with E-state index in [4.69, 9.17) is 9.84 Å². The van der Waals surface area contributed by atoms with Crippen LogP contribution in [0.15, 0.2) is 12.2 Å². The van der Waals surface area contributed by atoms with Crippen molar-refractivity contribution in [3.05, 3.63) is 12.2 Å². The molecule has 0 spiro atoms. The van der Waals surface area contributed by atoms with Crippen LogP contribution in [0.25, 0.3) is 0 Å². The maximum Gasteiger partial charge on any atom is 0.307 e. The SMILES string of the molecule is O=C(O)C1CC=CCC1C(=O)NCC1CCOC1. The molecule has 1 aliphatic heterocycles. The first-order valence-corrected chi connectivity index (χ1v) is 6.41. The van der Waals surface area contributed by atoms with E-state index in [1.807, 2.05) is 12.2 Å². The summed E-state index contributed by atoms with van der Waals surface area (Å²) < 4.78 is 5.24. The smallest absolute Gasteiger partial charge is 0.307 e. The highest BCUT2D eigenvalue weighted by atomic mass is 16.5. The molecular formula is C13H19NO4. The Morgan fingerprint density at radius 3 is 2.61 bits per heavy atom. The van der Waals surface area contributed by atoms with Gasteiger partial charge in [-0.15, -0.1) is 0 Å². The molecule has 1 aliphatic carbocycles. The monoisotopic (exact) mass is 253 g/mol. The Bertz CT molecular complexity index is 347. The van der Waals surface area contributed by atoms with Gasteiger partial charge in [-0.05, 0) is 19.3 Å². The molecule has 1 saturated heterocycles. The fourth-order valence-corrected chi connectivity index (χ4v) is 2.50. The predicted octanol–water partition coefficient (Wildman–Crippen LogP) is 0.806. The lowest BCUT2D eigenvalue weighted by Crippen LogP contribution is -2.40. The molecule has 3 atom stereocenters. The lowest BCUT2D eigenvalue weighted by atomic mass is 9.82. The van der Waals surface area contributed by atoms with Gasteiger partial charge in [-0.2, -0.15) is 0 Å². The van der Waals surface area contributed by atoms with E-state index in [0.717, 1.165) is 13.0 Å². The summed E-state index contributed by atoms with van der Waals surface area (Å²) in [6, 6.07) is 0. The molecular weight excluding hydrogens is 234 g/mol. The zero-order valence-electron chi connectivity index (χ0n) is 10.3. The molecule has 0 saturated carbocycles. The second-order valence-corrected chi connectivity index (χ2v) is 4.97. The van der Waals surface area contributed by atoms with Gasteiger partial charge in [0.25, 0.3) is 0 Å². The molecule has 18 heavy (non-hydrogen) atoms. The van der Waals surface area contributed by atoms with E-state index in [9.17, 15) is 9.59 Å². The summed E-state index contributed by atoms with van der Waals surface area (Å²) in [7, 11) is 0. The van der Waals surface area contributed by atoms with Gasteiger partial charge in [0.15, 0.2) is 0 Å². The maximum absolute atomic E-state index is 12.0. The van der Waals surface area contributed by atoms with Crippen LogP contribution in [0.5, 0.6) is 0 Å². The van der Waals surface area contributed by atoms with E-state index in [0.29, 0.717) is 31.9 Å². The van der Waals surface area contributed by atoms with Crippen LogP contribution in [0.2, 0.25) is 0 Å². The number of carbonyl (C=O) groups excluding carboxylic acids is 1. The molecule has 3 unspecified atom stereocenters. The van der Waals surface area contributed by atoms with E-state index < -0.39 is 17.8 Å². The number of hydrogen-bond donors (Lipinski definition) is 2. The van der Waals surface area contributed by atoms with E-state index >= 15 is 0 Å². The average Bonchev–Trinajstić information content (AvgIpc) is 2.89. The van der Waals surface area contributed by atoms with Crippen LogP contribution in [0.4, 0.5) is 0 Å². The summed E-state index contributed by atoms with van der Waals surface area (Å²) in [5.41, 5.74) is 0. The predicted molar refractivity (Wildman–Crippen MR) is 64.9 cm³/mol. The van der Waals surface area contributed by atoms with Gasteiger partial charge in [0.05, 0.1) is 18.4 Å². The van der Waals surface area contributed by atoms with Crippen molar-refractivity contribution in [1.82, 2.24) is 5.32 Å². The number of carboxylic acid groups (broad SMARTS) is 1. The number of ether oxygens (including phenoxy) is 1. The van der Waals surface area contributed by atoms with Crippen molar-refractivity contribution in [3.8, 4) is 0 Å². The molecule has 5 heteroatoms. The zero-order valence-corrected chi connectivity index (χ0v) is 10.3. The molecule has 0 aromatic heterocycles. The van der Waals surface area contributed by atoms with Crippen LogP contribution in [0.3, 0.4) is 0 Å². The van der Waals surface area contributed by atoms with Crippen molar-refractivity contribution in [3.63, 3.8) is 0 Å². The van der Waals surface area contributed by atoms with Crippen molar-refractivity contribution in [1.29, 1.82) is 0 Å². The maximum atomic E-state index is 12.0. The Labute approximate surface area is 106 Å². The number of aliphatic carboxylic acids is 1. The van der Waals surface area contributed by atoms with Crippen LogP contribution in [0.1, 0.15) is 19.3 Å². The second-order valence-electron chi connectivity index (χ2n) is 4.97. The number of allylic oxidation sites excluding steroid dienone is 2. The molecule has 2 N–H and O–H groups in total. The fraction of sp³-hybridized carbons (Fsp3) is 0.692. The van der Waals surface area contributed by atoms with Gasteiger partial charge < -0.3 is 15.2 Å². The van der Waals surface area contributed by atoms with E-state index in [1.165, 1.54) is 0 Å². The Morgan fingerprint density at radius 2 is 2.00 bits per heavy atom. The molecule has 1 amide bonds. The Hall–Kier alpha value is -1.36. The van der Waals surface area contributed by atoms with Gasteiger partial charge in [-0.1, -0.05) is 12.2 Å². The minimum absolute atomic E-state index is 0.140. The molecule has 0 radical (unpaired) electrons. The zero-order chi connectivity index (χ0) is 13.0. The third kappa shape index (κ3) is 3.10. The molecule has 0 aromatic carbocycles. The van der Waals surface area contributed by atoms with Crippen molar-refractivity contribution in [2.45, 2.75) is 19.3 Å². The lowest BCUT2D eigenvalue weighted by molar-refractivity contribution is -0.147. The van der Waals surface area contributed by atoms with Crippen molar-refractivity contribution >= 4 is 11.9 Å². The molecule has 5 nitrogen and oxygen atoms in total. The van der Waals surface area contributed by atoms with Crippen LogP contribution in [-0.4, -0.2) is 36.7 Å². The number of amides is 1. The van der Waals surface area contributed by atoms with Crippen molar-refractivity contribution in [2.24, 2.45) is 17.8 Å². The van der Waals surface area contributed by atoms with Gasteiger partial charge in [-0.3, -0.25) is 9.59 Å². The summed E-state index contributed by atoms with van der Waals surface area (Å²) in [5.74, 6) is -1.68. The fourth-order valence-electron chi connectivity index (χ4n) is 2.50. The number of carboxylic acids is 1. The molecule has 2 aliphatic rings. The topological polar surface area (TPSA) is 75.6 Å². The highest BCUT2D eigenvalue weighted by Crippen LogP contribution is 2.26. The lowest BCUT2D eigenvalue weighted by Gasteiger charge is -2.24. The van der Waals surface area contributed by atoms with Gasteiger partial charge >= 0.3 is 5.97 Å². The number of rotatable bonds is 4. The van der Waals surface area contributed by atoms with Crippen molar-refractivity contribution < 1.29 is 19.4 Å². The minimum atomic E-state index is -0.885. The first kappa shape index (κ1) is 13.1. The Morgan fingerprint density at radius 1 is 1.28 bits per heavy atom. The highest BCUT2D eigenvalue weighted by molar-refractivity contribution is 5.85. The van der Waals surface area contributed by atoms with Gasteiger partial charge in [-0.25, -0.2) is 0 Å². The Balaban J connectivity index is 1.86. The molecule has 0 bridgehead atoms. The van der Waals surface area contributed by atoms with Gasteiger partial charge in [0, 0.05) is 19.1 Å². The van der Waals surface area contributed by atoms with E-state index in [1.54, 1.807) is 0 Å². The van der Waals surface area contributed by atoms with E-state index in [-0.39, 0.29) is 5.91 Å². The van der Waals surface area contributed by atoms with Crippen LogP contribution in [-0.2, 0) is 14.3 Å². The number of nitrogens with one attached hydrogen (secondary N) is 1. The summed E-state index contributed by atoms with van der Waals surface area (Å²) >= 11 is 0. The van der Waals surface area contributed by atoms with Crippen LogP contribution in [0, 0.1) is 17.8 Å². The van der Waals surface area contributed by atoms with Crippen molar-refractivity contribution in [2.75, 3.05) is 19.8 Å². The first-order chi connectivity index (χ1) is 8.68. The molecule has 1 heterocycles. The quantitative estimate of drug-likeness (QED) is 0.727. The summed E-state index contributed by atoms with van der Waals surface area (Å²) in [5, 5.41) is 12.0. The average molecular weight is 253 g/mol. The summed E-state index contributed by atoms with van der Waals surface area (Å²) in [4.78, 5) is 23.1. The second kappa shape index (κ2) is 6.00. The van der Waals surface area contributed by atoms with Crippen LogP contribution < -0.4 is 5.32 Å². The third-order valence-electron chi connectivity index (χ3n) is 3.68. The number of carbonyl (C=O) groups is 2. The molecule has 1 fully saturated rings. The summed E-state index contributed by atoms with van der Waals surface area (Å²) in [6.45, 7) is 2.03. The normalized spacial score (nSPS) is 31.2. The van der Waals surface area contributed by atoms with Gasteiger partial charge in [0.2, 0.25) is 5.91 Å². The van der Waals surface area contributed by atoms with E-state index in [2.05, 4.69) is 5.32 Å². The number of hydrogen-bond acceptors (Lipinski definition) is 3.